The third-order valence-corrected chi connectivity index (χ3v) is 5.92. The van der Waals surface area contributed by atoms with Crippen LogP contribution in [0.5, 0.6) is 11.5 Å². The number of halogens is 2. The topological polar surface area (TPSA) is 62.6 Å². The Kier molecular flexibility index (Phi) is 5.42. The van der Waals surface area contributed by atoms with Gasteiger partial charge in [-0.3, -0.25) is 9.78 Å². The highest BCUT2D eigenvalue weighted by Gasteiger charge is 2.26. The zero-order valence-corrected chi connectivity index (χ0v) is 17.8. The second-order valence-electron chi connectivity index (χ2n) is 6.92. The first-order valence-electron chi connectivity index (χ1n) is 9.16. The first-order valence-corrected chi connectivity index (χ1v) is 9.91. The lowest BCUT2D eigenvalue weighted by molar-refractivity contribution is 0.186. The normalized spacial score (nSPS) is 16.4. The van der Waals surface area contributed by atoms with E-state index in [1.165, 1.54) is 14.2 Å². The van der Waals surface area contributed by atoms with Crippen molar-refractivity contribution >= 4 is 34.1 Å². The molecule has 0 bridgehead atoms. The Hall–Kier alpha value is -2.28. The summed E-state index contributed by atoms with van der Waals surface area (Å²) in [6.07, 6.45) is 2.50. The lowest BCUT2D eigenvalue weighted by Crippen LogP contribution is -2.27. The number of aryl methyl sites for hydroxylation is 1. The summed E-state index contributed by atoms with van der Waals surface area (Å²) in [5, 5.41) is 1.32. The zero-order chi connectivity index (χ0) is 20.7. The van der Waals surface area contributed by atoms with Gasteiger partial charge in [-0.15, -0.1) is 0 Å². The maximum atomic E-state index is 13.7. The van der Waals surface area contributed by atoms with Crippen LogP contribution in [-0.4, -0.2) is 37.0 Å². The highest BCUT2D eigenvalue weighted by Crippen LogP contribution is 2.45. The number of methoxy groups -OCH3 is 2. The largest absolute Gasteiger partial charge is 0.495 e. The van der Waals surface area contributed by atoms with Crippen molar-refractivity contribution in [2.75, 3.05) is 27.4 Å². The first kappa shape index (κ1) is 20.0. The van der Waals surface area contributed by atoms with E-state index in [0.29, 0.717) is 35.8 Å². The van der Waals surface area contributed by atoms with Crippen LogP contribution in [0, 0.1) is 6.92 Å². The lowest BCUT2D eigenvalue weighted by Gasteiger charge is -2.20. The van der Waals surface area contributed by atoms with E-state index in [4.69, 9.17) is 37.4 Å². The molecule has 0 N–H and O–H groups in total. The van der Waals surface area contributed by atoms with Crippen molar-refractivity contribution in [3.63, 3.8) is 0 Å². The summed E-state index contributed by atoms with van der Waals surface area (Å²) in [5.41, 5.74) is 2.19. The average molecular weight is 435 g/mol. The predicted molar refractivity (Wildman–Crippen MR) is 114 cm³/mol. The summed E-state index contributed by atoms with van der Waals surface area (Å²) in [7, 11) is 3.00. The van der Waals surface area contributed by atoms with E-state index < -0.39 is 0 Å². The summed E-state index contributed by atoms with van der Waals surface area (Å²) in [4.78, 5) is 18.1. The molecule has 0 radical (unpaired) electrons. The van der Waals surface area contributed by atoms with Crippen LogP contribution >= 0.6 is 23.2 Å². The third kappa shape index (κ3) is 3.35. The monoisotopic (exact) mass is 434 g/mol. The second kappa shape index (κ2) is 7.86. The quantitative estimate of drug-likeness (QED) is 0.597. The van der Waals surface area contributed by atoms with E-state index in [9.17, 15) is 4.79 Å². The number of fused-ring (bicyclic) bond motifs is 1. The van der Waals surface area contributed by atoms with E-state index in [2.05, 4.69) is 4.98 Å². The van der Waals surface area contributed by atoms with Crippen molar-refractivity contribution < 1.29 is 14.2 Å². The fourth-order valence-electron chi connectivity index (χ4n) is 3.72. The minimum Gasteiger partial charge on any atom is -0.495 e. The van der Waals surface area contributed by atoms with Gasteiger partial charge in [-0.2, -0.15) is 0 Å². The number of rotatable bonds is 4. The number of pyridine rings is 2. The summed E-state index contributed by atoms with van der Waals surface area (Å²) in [6, 6.07) is 5.21. The minimum absolute atomic E-state index is 0.0724. The molecule has 0 amide bonds. The highest BCUT2D eigenvalue weighted by atomic mass is 35.5. The van der Waals surface area contributed by atoms with E-state index in [0.717, 1.165) is 23.0 Å². The molecule has 2 aromatic heterocycles. The number of ether oxygens (including phenoxy) is 3. The summed E-state index contributed by atoms with van der Waals surface area (Å²) >= 11 is 13.2. The summed E-state index contributed by atoms with van der Waals surface area (Å²) < 4.78 is 18.0. The van der Waals surface area contributed by atoms with Gasteiger partial charge < -0.3 is 18.8 Å². The van der Waals surface area contributed by atoms with E-state index in [1.807, 2.05) is 13.0 Å². The number of nitrogens with zero attached hydrogens (tertiary/aromatic N) is 2. The van der Waals surface area contributed by atoms with E-state index in [1.54, 1.807) is 22.9 Å². The van der Waals surface area contributed by atoms with E-state index in [-0.39, 0.29) is 21.6 Å². The van der Waals surface area contributed by atoms with E-state index >= 15 is 0 Å². The summed E-state index contributed by atoms with van der Waals surface area (Å²) in [5.74, 6) is 0.750. The smallest absolute Gasteiger partial charge is 0.259 e. The molecule has 3 aromatic rings. The van der Waals surface area contributed by atoms with Crippen LogP contribution in [0.25, 0.3) is 22.0 Å². The van der Waals surface area contributed by atoms with Crippen molar-refractivity contribution in [3.8, 4) is 22.6 Å². The molecule has 8 heteroatoms. The van der Waals surface area contributed by atoms with Crippen molar-refractivity contribution in [3.05, 3.63) is 50.5 Å². The SMILES string of the molecule is COc1cc(OC)c(Cl)c(-c2cc3cnc(C)cc3n(C3CCOC3)c2=O)c1Cl. The van der Waals surface area contributed by atoms with Crippen molar-refractivity contribution in [2.45, 2.75) is 19.4 Å². The molecule has 0 spiro atoms. The maximum Gasteiger partial charge on any atom is 0.259 e. The third-order valence-electron chi connectivity index (χ3n) is 5.17. The van der Waals surface area contributed by atoms with Gasteiger partial charge in [0.15, 0.2) is 0 Å². The fraction of sp³-hybridized carbons (Fsp3) is 0.333. The van der Waals surface area contributed by atoms with Crippen LogP contribution in [0.2, 0.25) is 10.0 Å². The second-order valence-corrected chi connectivity index (χ2v) is 7.68. The average Bonchev–Trinajstić information content (AvgIpc) is 3.23. The zero-order valence-electron chi connectivity index (χ0n) is 16.3. The molecule has 0 aliphatic carbocycles. The minimum atomic E-state index is -0.197. The number of benzene rings is 1. The Morgan fingerprint density at radius 3 is 2.41 bits per heavy atom. The van der Waals surface area contributed by atoms with Crippen molar-refractivity contribution in [2.24, 2.45) is 0 Å². The fourth-order valence-corrected chi connectivity index (χ4v) is 4.43. The standard InChI is InChI=1S/C21H20Cl2N2O4/c1-11-6-15-12(9-24-11)7-14(21(26)25(15)13-4-5-29-10-13)18-19(22)16(27-2)8-17(28-3)20(18)23/h6-9,13H,4-5,10H2,1-3H3. The van der Waals surface area contributed by atoms with Crippen LogP contribution in [0.1, 0.15) is 18.2 Å². The Bertz CT molecular complexity index is 1130. The van der Waals surface area contributed by atoms with Gasteiger partial charge in [0.25, 0.3) is 5.56 Å². The lowest BCUT2D eigenvalue weighted by atomic mass is 10.0. The molecule has 4 rings (SSSR count). The first-order chi connectivity index (χ1) is 14.0. The molecule has 3 heterocycles. The molecule has 6 nitrogen and oxygen atoms in total. The number of hydrogen-bond acceptors (Lipinski definition) is 5. The van der Waals surface area contributed by atoms with Crippen LogP contribution in [0.15, 0.2) is 29.2 Å². The van der Waals surface area contributed by atoms with Gasteiger partial charge in [-0.05, 0) is 25.5 Å². The maximum absolute atomic E-state index is 13.7. The molecule has 1 unspecified atom stereocenters. The van der Waals surface area contributed by atoms with Gasteiger partial charge in [0.05, 0.1) is 48.0 Å². The molecule has 1 fully saturated rings. The Morgan fingerprint density at radius 1 is 1.14 bits per heavy atom. The van der Waals surface area contributed by atoms with Crippen LogP contribution in [0.4, 0.5) is 0 Å². The van der Waals surface area contributed by atoms with Crippen LogP contribution < -0.4 is 15.0 Å². The molecule has 1 aliphatic heterocycles. The van der Waals surface area contributed by atoms with Crippen molar-refractivity contribution in [1.29, 1.82) is 0 Å². The predicted octanol–water partition coefficient (Wildman–Crippen LogP) is 4.66. The van der Waals surface area contributed by atoms with Gasteiger partial charge in [0, 0.05) is 35.5 Å². The Morgan fingerprint density at radius 2 is 1.83 bits per heavy atom. The van der Waals surface area contributed by atoms with Gasteiger partial charge in [-0.25, -0.2) is 0 Å². The molecule has 1 aromatic carbocycles. The molecule has 29 heavy (non-hydrogen) atoms. The Balaban J connectivity index is 2.10. The Labute approximate surface area is 177 Å². The number of hydrogen-bond donors (Lipinski definition) is 0. The molecule has 1 aliphatic rings. The summed E-state index contributed by atoms with van der Waals surface area (Å²) in [6.45, 7) is 2.98. The molecular formula is C21H20Cl2N2O4. The van der Waals surface area contributed by atoms with Crippen LogP contribution in [0.3, 0.4) is 0 Å². The molecule has 1 saturated heterocycles. The molecule has 152 valence electrons. The van der Waals surface area contributed by atoms with Gasteiger partial charge in [-0.1, -0.05) is 23.2 Å². The molecule has 1 atom stereocenters. The van der Waals surface area contributed by atoms with Crippen LogP contribution in [-0.2, 0) is 4.74 Å². The number of aromatic nitrogens is 2. The van der Waals surface area contributed by atoms with Gasteiger partial charge in [0.2, 0.25) is 0 Å². The highest BCUT2D eigenvalue weighted by molar-refractivity contribution is 6.41. The molecular weight excluding hydrogens is 415 g/mol. The van der Waals surface area contributed by atoms with Crippen molar-refractivity contribution in [1.82, 2.24) is 9.55 Å². The van der Waals surface area contributed by atoms with Gasteiger partial charge >= 0.3 is 0 Å². The van der Waals surface area contributed by atoms with Gasteiger partial charge in [0.1, 0.15) is 11.5 Å². The molecule has 0 saturated carbocycles.